The monoisotopic (exact) mass is 283 g/mol. The van der Waals surface area contributed by atoms with Crippen molar-refractivity contribution >= 4 is 0 Å². The van der Waals surface area contributed by atoms with Gasteiger partial charge in [-0.2, -0.15) is 0 Å². The highest BCUT2D eigenvalue weighted by Gasteiger charge is 2.12. The highest BCUT2D eigenvalue weighted by atomic mass is 16.5. The highest BCUT2D eigenvalue weighted by molar-refractivity contribution is 5.46. The minimum atomic E-state index is -0.892. The molecule has 0 radical (unpaired) electrons. The number of aliphatic hydroxyl groups is 2. The first kappa shape index (κ1) is 16.8. The van der Waals surface area contributed by atoms with E-state index in [0.29, 0.717) is 24.0 Å². The Balaban J connectivity index is 2.75. The van der Waals surface area contributed by atoms with Crippen LogP contribution in [0.5, 0.6) is 11.5 Å². The van der Waals surface area contributed by atoms with Gasteiger partial charge < -0.3 is 25.0 Å². The van der Waals surface area contributed by atoms with E-state index in [-0.39, 0.29) is 13.2 Å². The maximum Gasteiger partial charge on any atom is 0.165 e. The predicted octanol–water partition coefficient (Wildman–Crippen LogP) is 1.17. The third-order valence-corrected chi connectivity index (χ3v) is 2.78. The molecule has 3 N–H and O–H groups in total. The number of nitrogens with one attached hydrogen (secondary N) is 1. The Labute approximate surface area is 120 Å². The SMILES string of the molecule is COc1cccc(CNCC(C)C)c1OCC(O)CO. The molecule has 1 atom stereocenters. The van der Waals surface area contributed by atoms with E-state index in [9.17, 15) is 5.11 Å². The minimum Gasteiger partial charge on any atom is -0.493 e. The number of methoxy groups -OCH3 is 1. The average molecular weight is 283 g/mol. The molecule has 0 amide bonds. The molecule has 1 rings (SSSR count). The second-order valence-corrected chi connectivity index (χ2v) is 5.12. The van der Waals surface area contributed by atoms with Gasteiger partial charge in [-0.15, -0.1) is 0 Å². The molecule has 5 nitrogen and oxygen atoms in total. The maximum atomic E-state index is 9.39. The highest BCUT2D eigenvalue weighted by Crippen LogP contribution is 2.31. The van der Waals surface area contributed by atoms with Crippen molar-refractivity contribution in [2.75, 3.05) is 26.9 Å². The predicted molar refractivity (Wildman–Crippen MR) is 78.1 cm³/mol. The number of rotatable bonds is 9. The van der Waals surface area contributed by atoms with Crippen molar-refractivity contribution in [2.24, 2.45) is 5.92 Å². The van der Waals surface area contributed by atoms with Gasteiger partial charge in [0.25, 0.3) is 0 Å². The number of hydrogen-bond donors (Lipinski definition) is 3. The molecule has 0 saturated carbocycles. The third-order valence-electron chi connectivity index (χ3n) is 2.78. The summed E-state index contributed by atoms with van der Waals surface area (Å²) in [6, 6.07) is 5.67. The number of ether oxygens (including phenoxy) is 2. The van der Waals surface area contributed by atoms with Gasteiger partial charge in [-0.05, 0) is 18.5 Å². The van der Waals surface area contributed by atoms with Gasteiger partial charge in [0.05, 0.1) is 13.7 Å². The van der Waals surface area contributed by atoms with Crippen molar-refractivity contribution in [1.82, 2.24) is 5.32 Å². The van der Waals surface area contributed by atoms with E-state index >= 15 is 0 Å². The van der Waals surface area contributed by atoms with Gasteiger partial charge in [-0.25, -0.2) is 0 Å². The first-order chi connectivity index (χ1) is 9.58. The van der Waals surface area contributed by atoms with Crippen molar-refractivity contribution in [2.45, 2.75) is 26.5 Å². The maximum absolute atomic E-state index is 9.39. The van der Waals surface area contributed by atoms with E-state index in [1.54, 1.807) is 7.11 Å². The minimum absolute atomic E-state index is 0.0358. The van der Waals surface area contributed by atoms with E-state index in [1.165, 1.54) is 0 Å². The lowest BCUT2D eigenvalue weighted by molar-refractivity contribution is 0.0523. The topological polar surface area (TPSA) is 71.0 Å². The summed E-state index contributed by atoms with van der Waals surface area (Å²) in [6.45, 7) is 5.58. The van der Waals surface area contributed by atoms with Crippen molar-refractivity contribution in [3.8, 4) is 11.5 Å². The fourth-order valence-electron chi connectivity index (χ4n) is 1.75. The largest absolute Gasteiger partial charge is 0.493 e. The molecule has 1 aromatic rings. The second kappa shape index (κ2) is 8.79. The molecular weight excluding hydrogens is 258 g/mol. The first-order valence-corrected chi connectivity index (χ1v) is 6.86. The van der Waals surface area contributed by atoms with Gasteiger partial charge in [0.15, 0.2) is 11.5 Å². The Morgan fingerprint density at radius 2 is 2.05 bits per heavy atom. The van der Waals surface area contributed by atoms with Crippen LogP contribution in [0.1, 0.15) is 19.4 Å². The summed E-state index contributed by atoms with van der Waals surface area (Å²) in [4.78, 5) is 0. The van der Waals surface area contributed by atoms with Gasteiger partial charge in [-0.3, -0.25) is 0 Å². The summed E-state index contributed by atoms with van der Waals surface area (Å²) >= 11 is 0. The van der Waals surface area contributed by atoms with E-state index in [0.717, 1.165) is 12.1 Å². The molecule has 0 bridgehead atoms. The smallest absolute Gasteiger partial charge is 0.165 e. The molecule has 114 valence electrons. The lowest BCUT2D eigenvalue weighted by atomic mass is 10.1. The van der Waals surface area contributed by atoms with Crippen LogP contribution in [-0.4, -0.2) is 43.2 Å². The number of aliphatic hydroxyl groups excluding tert-OH is 2. The summed E-state index contributed by atoms with van der Waals surface area (Å²) in [5.41, 5.74) is 0.968. The molecule has 0 spiro atoms. The zero-order valence-corrected chi connectivity index (χ0v) is 12.4. The van der Waals surface area contributed by atoms with E-state index in [2.05, 4.69) is 19.2 Å². The van der Waals surface area contributed by atoms with Gasteiger partial charge in [0.1, 0.15) is 12.7 Å². The van der Waals surface area contributed by atoms with Crippen molar-refractivity contribution in [3.63, 3.8) is 0 Å². The van der Waals surface area contributed by atoms with Crippen LogP contribution in [0.3, 0.4) is 0 Å². The molecule has 0 aliphatic carbocycles. The van der Waals surface area contributed by atoms with Gasteiger partial charge in [0, 0.05) is 12.1 Å². The van der Waals surface area contributed by atoms with Crippen LogP contribution in [-0.2, 0) is 6.54 Å². The normalized spacial score (nSPS) is 12.5. The molecule has 1 aromatic carbocycles. The molecule has 0 aliphatic rings. The van der Waals surface area contributed by atoms with Crippen LogP contribution < -0.4 is 14.8 Å². The van der Waals surface area contributed by atoms with E-state index < -0.39 is 6.10 Å². The van der Waals surface area contributed by atoms with Crippen molar-refractivity contribution < 1.29 is 19.7 Å². The third kappa shape index (κ3) is 5.36. The van der Waals surface area contributed by atoms with Gasteiger partial charge in [0.2, 0.25) is 0 Å². The van der Waals surface area contributed by atoms with Crippen molar-refractivity contribution in [1.29, 1.82) is 0 Å². The van der Waals surface area contributed by atoms with Crippen LogP contribution in [0.2, 0.25) is 0 Å². The van der Waals surface area contributed by atoms with Crippen LogP contribution >= 0.6 is 0 Å². The molecule has 0 heterocycles. The summed E-state index contributed by atoms with van der Waals surface area (Å²) in [5.74, 6) is 1.80. The quantitative estimate of drug-likeness (QED) is 0.634. The molecular formula is C15H25NO4. The Morgan fingerprint density at radius 1 is 1.30 bits per heavy atom. The Morgan fingerprint density at radius 3 is 2.65 bits per heavy atom. The van der Waals surface area contributed by atoms with E-state index in [1.807, 2.05) is 18.2 Å². The molecule has 0 fully saturated rings. The lowest BCUT2D eigenvalue weighted by Crippen LogP contribution is -2.23. The molecule has 0 saturated heterocycles. The first-order valence-electron chi connectivity index (χ1n) is 6.86. The Bertz CT molecular complexity index is 395. The fourth-order valence-corrected chi connectivity index (χ4v) is 1.75. The second-order valence-electron chi connectivity index (χ2n) is 5.12. The summed E-state index contributed by atoms with van der Waals surface area (Å²) in [5, 5.41) is 21.6. The molecule has 5 heteroatoms. The Kier molecular flexibility index (Phi) is 7.36. The zero-order valence-electron chi connectivity index (χ0n) is 12.4. The summed E-state index contributed by atoms with van der Waals surface area (Å²) in [6.07, 6.45) is -0.892. The Hall–Kier alpha value is -1.30. The van der Waals surface area contributed by atoms with Crippen LogP contribution in [0, 0.1) is 5.92 Å². The number of hydrogen-bond acceptors (Lipinski definition) is 5. The van der Waals surface area contributed by atoms with Crippen LogP contribution in [0.4, 0.5) is 0 Å². The molecule has 0 aromatic heterocycles. The number of benzene rings is 1. The summed E-state index contributed by atoms with van der Waals surface area (Å²) < 4.78 is 10.9. The van der Waals surface area contributed by atoms with Gasteiger partial charge in [-0.1, -0.05) is 26.0 Å². The molecule has 1 unspecified atom stereocenters. The lowest BCUT2D eigenvalue weighted by Gasteiger charge is -2.17. The fraction of sp³-hybridized carbons (Fsp3) is 0.600. The van der Waals surface area contributed by atoms with Gasteiger partial charge >= 0.3 is 0 Å². The zero-order chi connectivity index (χ0) is 15.0. The molecule has 0 aliphatic heterocycles. The summed E-state index contributed by atoms with van der Waals surface area (Å²) in [7, 11) is 1.58. The van der Waals surface area contributed by atoms with Crippen LogP contribution in [0.25, 0.3) is 0 Å². The number of para-hydroxylation sites is 1. The molecule has 20 heavy (non-hydrogen) atoms. The van der Waals surface area contributed by atoms with E-state index in [4.69, 9.17) is 14.6 Å². The average Bonchev–Trinajstić information content (AvgIpc) is 2.44. The standard InChI is InChI=1S/C15H25NO4/c1-11(2)7-16-8-12-5-4-6-14(19-3)15(12)20-10-13(18)9-17/h4-6,11,13,16-18H,7-10H2,1-3H3. The van der Waals surface area contributed by atoms with Crippen LogP contribution in [0.15, 0.2) is 18.2 Å². The van der Waals surface area contributed by atoms with Crippen molar-refractivity contribution in [3.05, 3.63) is 23.8 Å².